The number of nitrogens with two attached hydrogens (primary N) is 1. The van der Waals surface area contributed by atoms with Crippen LogP contribution >= 0.6 is 0 Å². The summed E-state index contributed by atoms with van der Waals surface area (Å²) in [6, 6.07) is 7.37. The number of amides is 1. The number of carbonyl (C=O) groups is 1. The number of methoxy groups -OCH3 is 1. The molecular formula is C22H32N4O5. The van der Waals surface area contributed by atoms with Crippen molar-refractivity contribution in [3.05, 3.63) is 50.7 Å². The lowest BCUT2D eigenvalue weighted by molar-refractivity contribution is -0.129. The van der Waals surface area contributed by atoms with Gasteiger partial charge in [-0.05, 0) is 37.5 Å². The molecule has 9 nitrogen and oxygen atoms in total. The summed E-state index contributed by atoms with van der Waals surface area (Å²) in [5.41, 5.74) is 5.75. The van der Waals surface area contributed by atoms with E-state index in [1.165, 1.54) is 9.47 Å². The zero-order valence-corrected chi connectivity index (χ0v) is 18.6. The normalized spacial score (nSPS) is 11.9. The molecule has 0 bridgehead atoms. The van der Waals surface area contributed by atoms with Crippen LogP contribution in [0.15, 0.2) is 33.9 Å². The first-order chi connectivity index (χ1) is 14.8. The van der Waals surface area contributed by atoms with Gasteiger partial charge in [-0.15, -0.1) is 0 Å². The van der Waals surface area contributed by atoms with E-state index in [1.807, 2.05) is 38.1 Å². The summed E-state index contributed by atoms with van der Waals surface area (Å²) in [6.07, 6.45) is 1.31. The fourth-order valence-electron chi connectivity index (χ4n) is 3.21. The monoisotopic (exact) mass is 432 g/mol. The van der Waals surface area contributed by atoms with E-state index in [-0.39, 0.29) is 18.1 Å². The van der Waals surface area contributed by atoms with Gasteiger partial charge in [0.25, 0.3) is 11.5 Å². The Labute approximate surface area is 181 Å². The van der Waals surface area contributed by atoms with E-state index < -0.39 is 23.3 Å². The zero-order valence-electron chi connectivity index (χ0n) is 18.6. The standard InChI is InChI=1S/C22H32N4O5/c1-5-7-12-25(18-19(23)26(11-6-2)22(29)24-20(18)27)21(28)15(3)31-14-16-9-8-10-17(13-16)30-4/h8-10,13,15H,5-7,11-12,14,23H2,1-4H3,(H,24,27,29). The molecule has 1 aromatic heterocycles. The number of nitrogen functional groups attached to an aromatic ring is 1. The average Bonchev–Trinajstić information content (AvgIpc) is 2.76. The van der Waals surface area contributed by atoms with E-state index in [0.29, 0.717) is 31.7 Å². The lowest BCUT2D eigenvalue weighted by atomic mass is 10.2. The van der Waals surface area contributed by atoms with Gasteiger partial charge in [-0.25, -0.2) is 4.79 Å². The van der Waals surface area contributed by atoms with Crippen LogP contribution in [0.3, 0.4) is 0 Å². The van der Waals surface area contributed by atoms with Gasteiger partial charge in [0, 0.05) is 13.1 Å². The second kappa shape index (κ2) is 11.4. The summed E-state index contributed by atoms with van der Waals surface area (Å²) in [5.74, 6) is 0.289. The number of carbonyl (C=O) groups excluding carboxylic acids is 1. The molecule has 170 valence electrons. The Morgan fingerprint density at radius 1 is 1.26 bits per heavy atom. The number of hydrogen-bond donors (Lipinski definition) is 2. The van der Waals surface area contributed by atoms with Crippen molar-refractivity contribution in [1.29, 1.82) is 0 Å². The number of anilines is 2. The van der Waals surface area contributed by atoms with E-state index in [0.717, 1.165) is 12.0 Å². The minimum absolute atomic E-state index is 0.0108. The number of nitrogens with one attached hydrogen (secondary N) is 1. The number of unbranched alkanes of at least 4 members (excludes halogenated alkanes) is 1. The van der Waals surface area contributed by atoms with Crippen LogP contribution in [0.1, 0.15) is 45.6 Å². The van der Waals surface area contributed by atoms with Crippen molar-refractivity contribution in [3.8, 4) is 5.75 Å². The minimum atomic E-state index is -0.826. The van der Waals surface area contributed by atoms with Gasteiger partial charge in [0.05, 0.1) is 13.7 Å². The Hall–Kier alpha value is -3.07. The molecule has 2 aromatic rings. The average molecular weight is 433 g/mol. The Bertz CT molecular complexity index is 998. The predicted octanol–water partition coefficient (Wildman–Crippen LogP) is 2.28. The number of H-pyrrole nitrogens is 1. The lowest BCUT2D eigenvalue weighted by Crippen LogP contribution is -2.45. The molecule has 9 heteroatoms. The van der Waals surface area contributed by atoms with E-state index in [1.54, 1.807) is 14.0 Å². The first-order valence-electron chi connectivity index (χ1n) is 10.5. The van der Waals surface area contributed by atoms with Crippen molar-refractivity contribution in [1.82, 2.24) is 9.55 Å². The van der Waals surface area contributed by atoms with E-state index in [2.05, 4.69) is 4.98 Å². The Balaban J connectivity index is 2.31. The quantitative estimate of drug-likeness (QED) is 0.562. The molecule has 1 atom stereocenters. The van der Waals surface area contributed by atoms with Crippen LogP contribution in [0.4, 0.5) is 11.5 Å². The number of aromatic amines is 1. The smallest absolute Gasteiger partial charge is 0.330 e. The molecule has 1 aromatic carbocycles. The van der Waals surface area contributed by atoms with Crippen LogP contribution in [-0.4, -0.2) is 35.2 Å². The van der Waals surface area contributed by atoms with Crippen molar-refractivity contribution in [2.45, 2.75) is 59.3 Å². The van der Waals surface area contributed by atoms with Crippen LogP contribution in [-0.2, 0) is 22.7 Å². The van der Waals surface area contributed by atoms with Gasteiger partial charge in [0.15, 0.2) is 5.69 Å². The first kappa shape index (κ1) is 24.2. The van der Waals surface area contributed by atoms with Crippen molar-refractivity contribution >= 4 is 17.4 Å². The van der Waals surface area contributed by atoms with Gasteiger partial charge < -0.3 is 20.1 Å². The lowest BCUT2D eigenvalue weighted by Gasteiger charge is -2.27. The topological polar surface area (TPSA) is 120 Å². The molecule has 0 aliphatic carbocycles. The first-order valence-corrected chi connectivity index (χ1v) is 10.5. The third-order valence-electron chi connectivity index (χ3n) is 4.91. The fourth-order valence-corrected chi connectivity index (χ4v) is 3.21. The highest BCUT2D eigenvalue weighted by atomic mass is 16.5. The number of aromatic nitrogens is 2. The van der Waals surface area contributed by atoms with Crippen molar-refractivity contribution < 1.29 is 14.3 Å². The molecule has 0 aliphatic heterocycles. The Kier molecular flexibility index (Phi) is 8.87. The molecule has 0 radical (unpaired) electrons. The minimum Gasteiger partial charge on any atom is -0.497 e. The Morgan fingerprint density at radius 3 is 2.65 bits per heavy atom. The SMILES string of the molecule is CCCCN(C(=O)C(C)OCc1cccc(OC)c1)c1c(N)n(CCC)c(=O)[nH]c1=O. The maximum absolute atomic E-state index is 13.2. The van der Waals surface area contributed by atoms with E-state index in [9.17, 15) is 14.4 Å². The van der Waals surface area contributed by atoms with Crippen molar-refractivity contribution in [2.75, 3.05) is 24.3 Å². The number of rotatable bonds is 11. The third-order valence-corrected chi connectivity index (χ3v) is 4.91. The maximum atomic E-state index is 13.2. The summed E-state index contributed by atoms with van der Waals surface area (Å²) in [6.45, 7) is 6.34. The molecule has 1 heterocycles. The second-order valence-corrected chi connectivity index (χ2v) is 7.29. The molecule has 31 heavy (non-hydrogen) atoms. The summed E-state index contributed by atoms with van der Waals surface area (Å²) in [4.78, 5) is 41.6. The highest BCUT2D eigenvalue weighted by molar-refractivity contribution is 5.98. The molecule has 2 rings (SSSR count). The van der Waals surface area contributed by atoms with Crippen LogP contribution in [0.25, 0.3) is 0 Å². The highest BCUT2D eigenvalue weighted by Gasteiger charge is 2.27. The number of benzene rings is 1. The molecule has 0 spiro atoms. The van der Waals surface area contributed by atoms with E-state index >= 15 is 0 Å². The van der Waals surface area contributed by atoms with Gasteiger partial charge in [0.2, 0.25) is 0 Å². The van der Waals surface area contributed by atoms with Gasteiger partial charge in [-0.2, -0.15) is 0 Å². The van der Waals surface area contributed by atoms with Gasteiger partial charge in [-0.3, -0.25) is 19.1 Å². The molecule has 0 saturated carbocycles. The van der Waals surface area contributed by atoms with Crippen LogP contribution < -0.4 is 26.6 Å². The summed E-state index contributed by atoms with van der Waals surface area (Å²) < 4.78 is 12.3. The summed E-state index contributed by atoms with van der Waals surface area (Å²) in [5, 5.41) is 0. The fraction of sp³-hybridized carbons (Fsp3) is 0.500. The Morgan fingerprint density at radius 2 is 2.00 bits per heavy atom. The van der Waals surface area contributed by atoms with Crippen LogP contribution in [0.2, 0.25) is 0 Å². The van der Waals surface area contributed by atoms with Crippen molar-refractivity contribution in [3.63, 3.8) is 0 Å². The summed E-state index contributed by atoms with van der Waals surface area (Å²) in [7, 11) is 1.58. The number of ether oxygens (including phenoxy) is 2. The van der Waals surface area contributed by atoms with Crippen molar-refractivity contribution in [2.24, 2.45) is 0 Å². The molecular weight excluding hydrogens is 400 g/mol. The molecule has 1 amide bonds. The van der Waals surface area contributed by atoms with Crippen LogP contribution in [0.5, 0.6) is 5.75 Å². The third kappa shape index (κ3) is 5.97. The molecule has 1 unspecified atom stereocenters. The zero-order chi connectivity index (χ0) is 23.0. The predicted molar refractivity (Wildman–Crippen MR) is 121 cm³/mol. The molecule has 0 saturated heterocycles. The largest absolute Gasteiger partial charge is 0.497 e. The van der Waals surface area contributed by atoms with E-state index in [4.69, 9.17) is 15.2 Å². The second-order valence-electron chi connectivity index (χ2n) is 7.29. The van der Waals surface area contributed by atoms with Crippen LogP contribution in [0, 0.1) is 0 Å². The summed E-state index contributed by atoms with van der Waals surface area (Å²) >= 11 is 0. The van der Waals surface area contributed by atoms with Gasteiger partial charge >= 0.3 is 5.69 Å². The van der Waals surface area contributed by atoms with Gasteiger partial charge in [-0.1, -0.05) is 32.4 Å². The highest BCUT2D eigenvalue weighted by Crippen LogP contribution is 2.20. The number of nitrogens with zero attached hydrogens (tertiary/aromatic N) is 2. The number of hydrogen-bond acceptors (Lipinski definition) is 6. The molecule has 3 N–H and O–H groups in total. The molecule has 0 aliphatic rings. The van der Waals surface area contributed by atoms with Gasteiger partial charge in [0.1, 0.15) is 17.7 Å². The molecule has 0 fully saturated rings. The maximum Gasteiger partial charge on any atom is 0.330 e.